The first-order valence-corrected chi connectivity index (χ1v) is 8.90. The van der Waals surface area contributed by atoms with Gasteiger partial charge in [-0.1, -0.05) is 49.4 Å². The van der Waals surface area contributed by atoms with E-state index < -0.39 is 0 Å². The molecule has 0 amide bonds. The van der Waals surface area contributed by atoms with Crippen molar-refractivity contribution < 1.29 is 4.74 Å². The van der Waals surface area contributed by atoms with Crippen molar-refractivity contribution >= 4 is 27.8 Å². The summed E-state index contributed by atoms with van der Waals surface area (Å²) in [5.74, 6) is 0.798. The number of anilines is 1. The lowest BCUT2D eigenvalue weighted by molar-refractivity contribution is 0.0836. The van der Waals surface area contributed by atoms with Crippen molar-refractivity contribution in [2.24, 2.45) is 0 Å². The SMILES string of the molecule is CC1c2cccc3nc(N)c4ncn(c4c23)C1COCc1ccccc1. The van der Waals surface area contributed by atoms with Gasteiger partial charge >= 0.3 is 0 Å². The Morgan fingerprint density at radius 1 is 1.12 bits per heavy atom. The highest BCUT2D eigenvalue weighted by molar-refractivity contribution is 6.08. The molecule has 5 nitrogen and oxygen atoms in total. The fourth-order valence-electron chi connectivity index (χ4n) is 4.06. The van der Waals surface area contributed by atoms with E-state index in [1.807, 2.05) is 30.6 Å². The molecule has 0 saturated carbocycles. The second-order valence-corrected chi connectivity index (χ2v) is 6.94. The molecule has 0 radical (unpaired) electrons. The van der Waals surface area contributed by atoms with Crippen LogP contribution in [0.15, 0.2) is 54.9 Å². The van der Waals surface area contributed by atoms with Crippen molar-refractivity contribution in [2.45, 2.75) is 25.5 Å². The second-order valence-electron chi connectivity index (χ2n) is 6.94. The smallest absolute Gasteiger partial charge is 0.152 e. The summed E-state index contributed by atoms with van der Waals surface area (Å²) < 4.78 is 8.30. The van der Waals surface area contributed by atoms with E-state index in [1.54, 1.807) is 0 Å². The monoisotopic (exact) mass is 344 g/mol. The average molecular weight is 344 g/mol. The van der Waals surface area contributed by atoms with Gasteiger partial charge in [0.05, 0.1) is 36.6 Å². The number of aromatic nitrogens is 3. The Hall–Kier alpha value is -2.92. The van der Waals surface area contributed by atoms with Crippen molar-refractivity contribution in [1.29, 1.82) is 0 Å². The number of nitrogen functional groups attached to an aromatic ring is 1. The summed E-state index contributed by atoms with van der Waals surface area (Å²) in [7, 11) is 0. The Bertz CT molecular complexity index is 1100. The minimum atomic E-state index is 0.184. The van der Waals surface area contributed by atoms with Crippen molar-refractivity contribution in [2.75, 3.05) is 12.3 Å². The molecule has 2 unspecified atom stereocenters. The minimum Gasteiger partial charge on any atom is -0.382 e. The molecule has 3 heterocycles. The minimum absolute atomic E-state index is 0.184. The Kier molecular flexibility index (Phi) is 3.43. The zero-order valence-corrected chi connectivity index (χ0v) is 14.6. The van der Waals surface area contributed by atoms with Crippen LogP contribution in [0.25, 0.3) is 21.9 Å². The van der Waals surface area contributed by atoms with Crippen LogP contribution in [0, 0.1) is 0 Å². The standard InChI is InChI=1S/C21H20N4O/c1-13-15-8-5-9-16-18(15)20-19(21(22)24-16)23-12-25(20)17(13)11-26-10-14-6-3-2-4-7-14/h2-9,12-13,17H,10-11H2,1H3,(H2,22,24). The van der Waals surface area contributed by atoms with Gasteiger partial charge in [-0.2, -0.15) is 0 Å². The molecule has 0 aliphatic carbocycles. The molecule has 2 aromatic heterocycles. The second kappa shape index (κ2) is 5.81. The molecule has 2 aromatic carbocycles. The summed E-state index contributed by atoms with van der Waals surface area (Å²) >= 11 is 0. The molecular formula is C21H20N4O. The third kappa shape index (κ3) is 2.21. The summed E-state index contributed by atoms with van der Waals surface area (Å²) in [6.07, 6.45) is 1.88. The van der Waals surface area contributed by atoms with E-state index in [4.69, 9.17) is 10.5 Å². The molecule has 0 spiro atoms. The third-order valence-electron chi connectivity index (χ3n) is 5.41. The zero-order valence-electron chi connectivity index (χ0n) is 14.6. The number of nitrogens with two attached hydrogens (primary N) is 1. The first-order valence-electron chi connectivity index (χ1n) is 8.90. The fraction of sp³-hybridized carbons (Fsp3) is 0.238. The van der Waals surface area contributed by atoms with Crippen LogP contribution in [0.4, 0.5) is 5.82 Å². The molecule has 5 heteroatoms. The number of benzene rings is 2. The van der Waals surface area contributed by atoms with E-state index in [2.05, 4.69) is 45.7 Å². The maximum absolute atomic E-state index is 6.15. The van der Waals surface area contributed by atoms with Gasteiger partial charge in [0.1, 0.15) is 5.52 Å². The van der Waals surface area contributed by atoms with Gasteiger partial charge in [0.25, 0.3) is 0 Å². The molecule has 2 N–H and O–H groups in total. The van der Waals surface area contributed by atoms with Crippen molar-refractivity contribution in [3.05, 3.63) is 66.0 Å². The van der Waals surface area contributed by atoms with Gasteiger partial charge < -0.3 is 15.0 Å². The lowest BCUT2D eigenvalue weighted by Crippen LogP contribution is -2.24. The van der Waals surface area contributed by atoms with Crippen LogP contribution in [0.5, 0.6) is 0 Å². The van der Waals surface area contributed by atoms with Crippen LogP contribution in [-0.4, -0.2) is 21.1 Å². The van der Waals surface area contributed by atoms with Crippen molar-refractivity contribution in [3.63, 3.8) is 0 Å². The molecule has 0 saturated heterocycles. The van der Waals surface area contributed by atoms with Crippen LogP contribution in [0.3, 0.4) is 0 Å². The normalized spacial score (nSPS) is 18.8. The lowest BCUT2D eigenvalue weighted by Gasteiger charge is -2.31. The maximum atomic E-state index is 6.15. The van der Waals surface area contributed by atoms with E-state index in [0.717, 1.165) is 16.6 Å². The predicted octanol–water partition coefficient (Wildman–Crippen LogP) is 4.04. The van der Waals surface area contributed by atoms with Crippen LogP contribution >= 0.6 is 0 Å². The first kappa shape index (κ1) is 15.3. The summed E-state index contributed by atoms with van der Waals surface area (Å²) in [5.41, 5.74) is 11.4. The number of pyridine rings is 1. The van der Waals surface area contributed by atoms with Gasteiger partial charge in [0.2, 0.25) is 0 Å². The van der Waals surface area contributed by atoms with E-state index >= 15 is 0 Å². The van der Waals surface area contributed by atoms with Crippen LogP contribution in [0.2, 0.25) is 0 Å². The molecule has 26 heavy (non-hydrogen) atoms. The first-order chi connectivity index (χ1) is 12.7. The molecule has 130 valence electrons. The van der Waals surface area contributed by atoms with Gasteiger partial charge in [0, 0.05) is 11.3 Å². The Morgan fingerprint density at radius 3 is 2.81 bits per heavy atom. The Labute approximate surface area is 151 Å². The van der Waals surface area contributed by atoms with Gasteiger partial charge in [-0.05, 0) is 17.2 Å². The highest BCUT2D eigenvalue weighted by atomic mass is 16.5. The van der Waals surface area contributed by atoms with Crippen LogP contribution in [-0.2, 0) is 11.3 Å². The van der Waals surface area contributed by atoms with E-state index in [0.29, 0.717) is 24.9 Å². The number of rotatable bonds is 4. The van der Waals surface area contributed by atoms with Crippen LogP contribution < -0.4 is 5.73 Å². The molecular weight excluding hydrogens is 324 g/mol. The number of hydrogen-bond acceptors (Lipinski definition) is 4. The zero-order chi connectivity index (χ0) is 17.7. The maximum Gasteiger partial charge on any atom is 0.152 e. The highest BCUT2D eigenvalue weighted by Crippen LogP contribution is 2.43. The van der Waals surface area contributed by atoms with E-state index in [1.165, 1.54) is 16.5 Å². The quantitative estimate of drug-likeness (QED) is 0.607. The third-order valence-corrected chi connectivity index (χ3v) is 5.41. The number of nitrogens with zero attached hydrogens (tertiary/aromatic N) is 3. The average Bonchev–Trinajstić information content (AvgIpc) is 3.11. The molecule has 1 aliphatic heterocycles. The van der Waals surface area contributed by atoms with Crippen molar-refractivity contribution in [3.8, 4) is 0 Å². The molecule has 0 bridgehead atoms. The van der Waals surface area contributed by atoms with E-state index in [-0.39, 0.29) is 6.04 Å². The molecule has 1 aliphatic rings. The predicted molar refractivity (Wildman–Crippen MR) is 103 cm³/mol. The highest BCUT2D eigenvalue weighted by Gasteiger charge is 2.31. The molecule has 4 aromatic rings. The topological polar surface area (TPSA) is 66.0 Å². The lowest BCUT2D eigenvalue weighted by atomic mass is 9.87. The molecule has 2 atom stereocenters. The van der Waals surface area contributed by atoms with Gasteiger partial charge in [-0.25, -0.2) is 9.97 Å². The summed E-state index contributed by atoms with van der Waals surface area (Å²) in [4.78, 5) is 9.09. The number of hydrogen-bond donors (Lipinski definition) is 1. The van der Waals surface area contributed by atoms with Gasteiger partial charge in [-0.15, -0.1) is 0 Å². The molecule has 0 fully saturated rings. The number of ether oxygens (including phenoxy) is 1. The van der Waals surface area contributed by atoms with Crippen LogP contribution in [0.1, 0.15) is 30.0 Å². The van der Waals surface area contributed by atoms with E-state index in [9.17, 15) is 0 Å². The molecule has 5 rings (SSSR count). The summed E-state index contributed by atoms with van der Waals surface area (Å²) in [6.45, 7) is 3.48. The fourth-order valence-corrected chi connectivity index (χ4v) is 4.06. The largest absolute Gasteiger partial charge is 0.382 e. The summed E-state index contributed by atoms with van der Waals surface area (Å²) in [6, 6.07) is 16.7. The van der Waals surface area contributed by atoms with Gasteiger partial charge in [0.15, 0.2) is 5.82 Å². The Balaban J connectivity index is 1.55. The Morgan fingerprint density at radius 2 is 1.96 bits per heavy atom. The number of imidazole rings is 1. The summed E-state index contributed by atoms with van der Waals surface area (Å²) in [5, 5.41) is 1.17. The van der Waals surface area contributed by atoms with Crippen molar-refractivity contribution in [1.82, 2.24) is 14.5 Å². The van der Waals surface area contributed by atoms with Gasteiger partial charge in [-0.3, -0.25) is 0 Å².